The van der Waals surface area contributed by atoms with Gasteiger partial charge in [0.2, 0.25) is 11.8 Å². The molecule has 1 rings (SSSR count). The zero-order valence-corrected chi connectivity index (χ0v) is 13.1. The van der Waals surface area contributed by atoms with Gasteiger partial charge in [-0.05, 0) is 25.2 Å². The van der Waals surface area contributed by atoms with Gasteiger partial charge in [0, 0.05) is 38.1 Å². The molecule has 0 saturated carbocycles. The monoisotopic (exact) mass is 284 g/mol. The number of likely N-dealkylation sites (tertiary alicyclic amines) is 1. The van der Waals surface area contributed by atoms with Crippen LogP contribution in [0.4, 0.5) is 0 Å². The molecule has 0 aromatic rings. The van der Waals surface area contributed by atoms with E-state index in [1.54, 1.807) is 11.8 Å². The molecule has 1 fully saturated rings. The Kier molecular flexibility index (Phi) is 5.99. The molecule has 0 aliphatic carbocycles. The van der Waals surface area contributed by atoms with Crippen molar-refractivity contribution in [2.24, 2.45) is 11.3 Å². The van der Waals surface area contributed by atoms with Gasteiger partial charge in [-0.1, -0.05) is 20.8 Å². The third kappa shape index (κ3) is 5.12. The number of hydrogen-bond acceptors (Lipinski definition) is 3. The molecule has 116 valence electrons. The lowest BCUT2D eigenvalue weighted by Crippen LogP contribution is -2.53. The largest absolute Gasteiger partial charge is 0.396 e. The zero-order valence-electron chi connectivity index (χ0n) is 13.1. The molecule has 2 N–H and O–H groups in total. The third-order valence-electron chi connectivity index (χ3n) is 3.77. The molecule has 20 heavy (non-hydrogen) atoms. The first-order valence-corrected chi connectivity index (χ1v) is 7.41. The Labute approximate surface area is 121 Å². The van der Waals surface area contributed by atoms with Gasteiger partial charge in [0.05, 0.1) is 0 Å². The van der Waals surface area contributed by atoms with Crippen molar-refractivity contribution in [3.63, 3.8) is 0 Å². The van der Waals surface area contributed by atoms with E-state index in [2.05, 4.69) is 5.32 Å². The van der Waals surface area contributed by atoms with Gasteiger partial charge in [0.25, 0.3) is 0 Å². The fraction of sp³-hybridized carbons (Fsp3) is 0.867. The highest BCUT2D eigenvalue weighted by molar-refractivity contribution is 5.81. The molecule has 0 aromatic heterocycles. The molecule has 2 unspecified atom stereocenters. The molecule has 0 radical (unpaired) electrons. The Morgan fingerprint density at radius 1 is 1.30 bits per heavy atom. The normalized spacial score (nSPS) is 23.6. The highest BCUT2D eigenvalue weighted by Gasteiger charge is 2.31. The minimum absolute atomic E-state index is 0.0167. The van der Waals surface area contributed by atoms with E-state index in [4.69, 9.17) is 5.11 Å². The lowest BCUT2D eigenvalue weighted by molar-refractivity contribution is -0.134. The molecule has 2 amide bonds. The first-order valence-electron chi connectivity index (χ1n) is 7.41. The molecule has 1 heterocycles. The topological polar surface area (TPSA) is 69.6 Å². The number of aliphatic hydroxyl groups is 1. The van der Waals surface area contributed by atoms with Gasteiger partial charge in [-0.2, -0.15) is 0 Å². The molecule has 0 spiro atoms. The molecular weight excluding hydrogens is 256 g/mol. The quantitative estimate of drug-likeness (QED) is 0.814. The molecule has 0 aromatic carbocycles. The molecule has 1 aliphatic rings. The molecule has 1 saturated heterocycles. The molecule has 0 bridgehead atoms. The summed E-state index contributed by atoms with van der Waals surface area (Å²) in [5, 5.41) is 12.0. The summed E-state index contributed by atoms with van der Waals surface area (Å²) in [6.07, 6.45) is 2.52. The number of rotatable bonds is 4. The van der Waals surface area contributed by atoms with Crippen molar-refractivity contribution in [2.75, 3.05) is 19.7 Å². The van der Waals surface area contributed by atoms with E-state index in [-0.39, 0.29) is 24.5 Å². The SMILES string of the molecule is CC(=O)N1CC(CCCO)CC(NC(=O)C(C)(C)C)C1. The summed E-state index contributed by atoms with van der Waals surface area (Å²) in [6, 6.07) is 0.0167. The fourth-order valence-electron chi connectivity index (χ4n) is 2.56. The van der Waals surface area contributed by atoms with Crippen LogP contribution in [-0.4, -0.2) is 47.6 Å². The number of nitrogens with zero attached hydrogens (tertiary/aromatic N) is 1. The van der Waals surface area contributed by atoms with Crippen LogP contribution in [0.15, 0.2) is 0 Å². The minimum atomic E-state index is -0.418. The highest BCUT2D eigenvalue weighted by Crippen LogP contribution is 2.23. The summed E-state index contributed by atoms with van der Waals surface area (Å²) in [6.45, 7) is 8.72. The number of hydrogen-bond donors (Lipinski definition) is 2. The standard InChI is InChI=1S/C15H28N2O3/c1-11(19)17-9-12(6-5-7-18)8-13(10-17)16-14(20)15(2,3)4/h12-13,18H,5-10H2,1-4H3,(H,16,20). The van der Waals surface area contributed by atoms with E-state index in [0.717, 1.165) is 25.8 Å². The number of carbonyl (C=O) groups is 2. The van der Waals surface area contributed by atoms with Crippen molar-refractivity contribution in [1.82, 2.24) is 10.2 Å². The zero-order chi connectivity index (χ0) is 15.3. The number of piperidine rings is 1. The summed E-state index contributed by atoms with van der Waals surface area (Å²) < 4.78 is 0. The maximum absolute atomic E-state index is 12.1. The predicted octanol–water partition coefficient (Wildman–Crippen LogP) is 1.16. The maximum atomic E-state index is 12.1. The third-order valence-corrected chi connectivity index (χ3v) is 3.77. The lowest BCUT2D eigenvalue weighted by Gasteiger charge is -2.38. The smallest absolute Gasteiger partial charge is 0.225 e. The van der Waals surface area contributed by atoms with Crippen LogP contribution in [-0.2, 0) is 9.59 Å². The van der Waals surface area contributed by atoms with Gasteiger partial charge in [0.1, 0.15) is 0 Å². The van der Waals surface area contributed by atoms with Gasteiger partial charge in [-0.15, -0.1) is 0 Å². The minimum Gasteiger partial charge on any atom is -0.396 e. The van der Waals surface area contributed by atoms with Gasteiger partial charge < -0.3 is 15.3 Å². The van der Waals surface area contributed by atoms with Crippen LogP contribution in [0.1, 0.15) is 47.0 Å². The first-order chi connectivity index (χ1) is 9.24. The summed E-state index contributed by atoms with van der Waals surface area (Å²) in [5.74, 6) is 0.424. The average molecular weight is 284 g/mol. The van der Waals surface area contributed by atoms with Crippen molar-refractivity contribution >= 4 is 11.8 Å². The van der Waals surface area contributed by atoms with Crippen LogP contribution in [0.25, 0.3) is 0 Å². The Balaban J connectivity index is 2.64. The van der Waals surface area contributed by atoms with Crippen LogP contribution in [0.3, 0.4) is 0 Å². The number of nitrogens with one attached hydrogen (secondary N) is 1. The Morgan fingerprint density at radius 3 is 2.45 bits per heavy atom. The molecule has 5 nitrogen and oxygen atoms in total. The van der Waals surface area contributed by atoms with E-state index in [1.165, 1.54) is 0 Å². The lowest BCUT2D eigenvalue weighted by atomic mass is 9.89. The van der Waals surface area contributed by atoms with Crippen LogP contribution >= 0.6 is 0 Å². The Hall–Kier alpha value is -1.10. The van der Waals surface area contributed by atoms with Crippen LogP contribution in [0.5, 0.6) is 0 Å². The van der Waals surface area contributed by atoms with Crippen molar-refractivity contribution < 1.29 is 14.7 Å². The molecule has 2 atom stereocenters. The molecular formula is C15H28N2O3. The van der Waals surface area contributed by atoms with Crippen LogP contribution in [0, 0.1) is 11.3 Å². The summed E-state index contributed by atoms with van der Waals surface area (Å²) in [4.78, 5) is 25.5. The van der Waals surface area contributed by atoms with Crippen molar-refractivity contribution in [1.29, 1.82) is 0 Å². The van der Waals surface area contributed by atoms with Crippen LogP contribution < -0.4 is 5.32 Å². The summed E-state index contributed by atoms with van der Waals surface area (Å²) in [5.41, 5.74) is -0.418. The second-order valence-corrected chi connectivity index (χ2v) is 6.81. The Bertz CT molecular complexity index is 350. The van der Waals surface area contributed by atoms with E-state index < -0.39 is 5.41 Å². The number of amides is 2. The first kappa shape index (κ1) is 17.0. The van der Waals surface area contributed by atoms with E-state index in [1.807, 2.05) is 20.8 Å². The van der Waals surface area contributed by atoms with Gasteiger partial charge >= 0.3 is 0 Å². The van der Waals surface area contributed by atoms with E-state index in [0.29, 0.717) is 12.5 Å². The maximum Gasteiger partial charge on any atom is 0.225 e. The average Bonchev–Trinajstić information content (AvgIpc) is 2.34. The van der Waals surface area contributed by atoms with E-state index >= 15 is 0 Å². The van der Waals surface area contributed by atoms with Gasteiger partial charge in [0.15, 0.2) is 0 Å². The van der Waals surface area contributed by atoms with Crippen molar-refractivity contribution in [2.45, 2.75) is 53.0 Å². The van der Waals surface area contributed by atoms with E-state index in [9.17, 15) is 9.59 Å². The van der Waals surface area contributed by atoms with Crippen molar-refractivity contribution in [3.05, 3.63) is 0 Å². The second-order valence-electron chi connectivity index (χ2n) is 6.81. The number of carbonyl (C=O) groups excluding carboxylic acids is 2. The predicted molar refractivity (Wildman–Crippen MR) is 78.1 cm³/mol. The number of aliphatic hydroxyl groups excluding tert-OH is 1. The second kappa shape index (κ2) is 7.07. The molecule has 5 heteroatoms. The van der Waals surface area contributed by atoms with Gasteiger partial charge in [-0.3, -0.25) is 9.59 Å². The van der Waals surface area contributed by atoms with Crippen molar-refractivity contribution in [3.8, 4) is 0 Å². The Morgan fingerprint density at radius 2 is 1.95 bits per heavy atom. The highest BCUT2D eigenvalue weighted by atomic mass is 16.3. The molecule has 1 aliphatic heterocycles. The van der Waals surface area contributed by atoms with Crippen LogP contribution in [0.2, 0.25) is 0 Å². The summed E-state index contributed by atoms with van der Waals surface area (Å²) in [7, 11) is 0. The fourth-order valence-corrected chi connectivity index (χ4v) is 2.56. The van der Waals surface area contributed by atoms with Gasteiger partial charge in [-0.25, -0.2) is 0 Å². The summed E-state index contributed by atoms with van der Waals surface area (Å²) >= 11 is 0.